The second-order valence-electron chi connectivity index (χ2n) is 5.55. The van der Waals surface area contributed by atoms with Crippen molar-refractivity contribution in [2.75, 3.05) is 27.2 Å². The van der Waals surface area contributed by atoms with Crippen LogP contribution in [0, 0.1) is 5.92 Å². The average molecular weight is 280 g/mol. The maximum atomic E-state index is 11.9. The highest BCUT2D eigenvalue weighted by molar-refractivity contribution is 5.91. The van der Waals surface area contributed by atoms with Gasteiger partial charge in [0.2, 0.25) is 0 Å². The Labute approximate surface area is 119 Å². The van der Waals surface area contributed by atoms with E-state index in [-0.39, 0.29) is 17.2 Å². The van der Waals surface area contributed by atoms with Gasteiger partial charge in [-0.1, -0.05) is 13.8 Å². The van der Waals surface area contributed by atoms with E-state index in [1.807, 2.05) is 27.9 Å². The highest BCUT2D eigenvalue weighted by atomic mass is 16.2. The van der Waals surface area contributed by atoms with E-state index in [2.05, 4.69) is 15.3 Å². The number of hydrogen-bond donors (Lipinski definition) is 1. The summed E-state index contributed by atoms with van der Waals surface area (Å²) in [7, 11) is 3.98. The topological polar surface area (TPSA) is 67.2 Å². The van der Waals surface area contributed by atoms with Crippen molar-refractivity contribution in [1.29, 1.82) is 0 Å². The molecule has 1 aromatic heterocycles. The van der Waals surface area contributed by atoms with Gasteiger partial charge in [-0.3, -0.25) is 9.59 Å². The molecular weight excluding hydrogens is 256 g/mol. The molecule has 0 aliphatic carbocycles. The SMILES string of the molecule is CC(C)Cn1nc(C(=O)NCCCN(C)C)ccc1=O. The zero-order valence-corrected chi connectivity index (χ0v) is 12.7. The Hall–Kier alpha value is -1.69. The Kier molecular flexibility index (Phi) is 6.38. The lowest BCUT2D eigenvalue weighted by Crippen LogP contribution is -2.31. The van der Waals surface area contributed by atoms with Crippen LogP contribution in [0.3, 0.4) is 0 Å². The van der Waals surface area contributed by atoms with Crippen molar-refractivity contribution >= 4 is 5.91 Å². The molecule has 0 spiro atoms. The molecule has 0 bridgehead atoms. The zero-order valence-electron chi connectivity index (χ0n) is 12.7. The van der Waals surface area contributed by atoms with E-state index in [0.29, 0.717) is 19.0 Å². The summed E-state index contributed by atoms with van der Waals surface area (Å²) < 4.78 is 1.35. The first-order valence-electron chi connectivity index (χ1n) is 6.91. The summed E-state index contributed by atoms with van der Waals surface area (Å²) in [6.45, 7) is 6.04. The Morgan fingerprint density at radius 1 is 1.40 bits per heavy atom. The van der Waals surface area contributed by atoms with Gasteiger partial charge in [0.15, 0.2) is 0 Å². The highest BCUT2D eigenvalue weighted by Gasteiger charge is 2.09. The molecule has 1 rings (SSSR count). The second kappa shape index (κ2) is 7.79. The van der Waals surface area contributed by atoms with Gasteiger partial charge < -0.3 is 10.2 Å². The summed E-state index contributed by atoms with van der Waals surface area (Å²) in [5.41, 5.74) is 0.109. The normalized spacial score (nSPS) is 11.1. The highest BCUT2D eigenvalue weighted by Crippen LogP contribution is 1.96. The fourth-order valence-electron chi connectivity index (χ4n) is 1.73. The van der Waals surface area contributed by atoms with Crippen molar-refractivity contribution in [1.82, 2.24) is 20.0 Å². The molecule has 1 N–H and O–H groups in total. The van der Waals surface area contributed by atoms with Gasteiger partial charge in [-0.05, 0) is 39.0 Å². The number of nitrogens with one attached hydrogen (secondary N) is 1. The maximum Gasteiger partial charge on any atom is 0.271 e. The van der Waals surface area contributed by atoms with Gasteiger partial charge in [0.1, 0.15) is 5.69 Å². The minimum atomic E-state index is -0.235. The Balaban J connectivity index is 2.62. The average Bonchev–Trinajstić information content (AvgIpc) is 2.36. The molecule has 6 heteroatoms. The number of amides is 1. The first kappa shape index (κ1) is 16.4. The summed E-state index contributed by atoms with van der Waals surface area (Å²) in [6, 6.07) is 2.87. The maximum absolute atomic E-state index is 11.9. The molecule has 0 aliphatic heterocycles. The van der Waals surface area contributed by atoms with Crippen LogP contribution >= 0.6 is 0 Å². The zero-order chi connectivity index (χ0) is 15.1. The van der Waals surface area contributed by atoms with E-state index < -0.39 is 0 Å². The van der Waals surface area contributed by atoms with Crippen LogP contribution in [0.15, 0.2) is 16.9 Å². The number of aromatic nitrogens is 2. The first-order chi connectivity index (χ1) is 9.40. The lowest BCUT2D eigenvalue weighted by Gasteiger charge is -2.11. The Morgan fingerprint density at radius 3 is 2.70 bits per heavy atom. The van der Waals surface area contributed by atoms with Crippen molar-refractivity contribution in [3.05, 3.63) is 28.2 Å². The van der Waals surface area contributed by atoms with Crippen LogP contribution < -0.4 is 10.9 Å². The molecule has 0 fully saturated rings. The molecule has 1 amide bonds. The summed E-state index contributed by atoms with van der Waals surface area (Å²) in [4.78, 5) is 25.6. The van der Waals surface area contributed by atoms with E-state index in [1.165, 1.54) is 16.8 Å². The molecular formula is C14H24N4O2. The molecule has 0 saturated heterocycles. The molecule has 0 radical (unpaired) electrons. The van der Waals surface area contributed by atoms with Crippen molar-refractivity contribution in [2.24, 2.45) is 5.92 Å². The lowest BCUT2D eigenvalue weighted by molar-refractivity contribution is 0.0944. The standard InChI is InChI=1S/C14H24N4O2/c1-11(2)10-18-13(19)7-6-12(16-18)14(20)15-8-5-9-17(3)4/h6-7,11H,5,8-10H2,1-4H3,(H,15,20). The van der Waals surface area contributed by atoms with Crippen molar-refractivity contribution in [3.8, 4) is 0 Å². The summed E-state index contributed by atoms with van der Waals surface area (Å²) in [5.74, 6) is 0.0693. The van der Waals surface area contributed by atoms with E-state index in [0.717, 1.165) is 13.0 Å². The van der Waals surface area contributed by atoms with Gasteiger partial charge >= 0.3 is 0 Å². The molecule has 0 aliphatic rings. The molecule has 0 saturated carbocycles. The minimum absolute atomic E-state index is 0.178. The molecule has 1 heterocycles. The van der Waals surface area contributed by atoms with Crippen LogP contribution in [0.1, 0.15) is 30.8 Å². The van der Waals surface area contributed by atoms with Crippen LogP contribution in [0.5, 0.6) is 0 Å². The fourth-order valence-corrected chi connectivity index (χ4v) is 1.73. The van der Waals surface area contributed by atoms with Gasteiger partial charge in [0.25, 0.3) is 11.5 Å². The van der Waals surface area contributed by atoms with E-state index >= 15 is 0 Å². The quantitative estimate of drug-likeness (QED) is 0.742. The van der Waals surface area contributed by atoms with Gasteiger partial charge in [0, 0.05) is 19.2 Å². The lowest BCUT2D eigenvalue weighted by atomic mass is 10.2. The predicted octanol–water partition coefficient (Wildman–Crippen LogP) is 0.581. The van der Waals surface area contributed by atoms with Crippen LogP contribution in [-0.4, -0.2) is 47.8 Å². The predicted molar refractivity (Wildman–Crippen MR) is 78.8 cm³/mol. The van der Waals surface area contributed by atoms with E-state index in [4.69, 9.17) is 0 Å². The van der Waals surface area contributed by atoms with Gasteiger partial charge in [0.05, 0.1) is 0 Å². The number of nitrogens with zero attached hydrogens (tertiary/aromatic N) is 3. The Bertz CT molecular complexity index is 494. The number of carbonyl (C=O) groups is 1. The van der Waals surface area contributed by atoms with E-state index in [9.17, 15) is 9.59 Å². The molecule has 20 heavy (non-hydrogen) atoms. The number of carbonyl (C=O) groups excluding carboxylic acids is 1. The molecule has 0 aromatic carbocycles. The largest absolute Gasteiger partial charge is 0.351 e. The number of rotatable bonds is 7. The summed E-state index contributed by atoms with van der Waals surface area (Å²) in [6.07, 6.45) is 0.879. The van der Waals surface area contributed by atoms with Crippen LogP contribution in [0.2, 0.25) is 0 Å². The van der Waals surface area contributed by atoms with Gasteiger partial charge in [-0.25, -0.2) is 4.68 Å². The smallest absolute Gasteiger partial charge is 0.271 e. The molecule has 6 nitrogen and oxygen atoms in total. The molecule has 1 aromatic rings. The van der Waals surface area contributed by atoms with Crippen LogP contribution in [0.4, 0.5) is 0 Å². The third-order valence-electron chi connectivity index (χ3n) is 2.71. The fraction of sp³-hybridized carbons (Fsp3) is 0.643. The van der Waals surface area contributed by atoms with Gasteiger partial charge in [-0.15, -0.1) is 0 Å². The minimum Gasteiger partial charge on any atom is -0.351 e. The van der Waals surface area contributed by atoms with Crippen LogP contribution in [-0.2, 0) is 6.54 Å². The molecule has 112 valence electrons. The van der Waals surface area contributed by atoms with E-state index in [1.54, 1.807) is 0 Å². The summed E-state index contributed by atoms with van der Waals surface area (Å²) in [5, 5.41) is 6.92. The number of hydrogen-bond acceptors (Lipinski definition) is 4. The molecule has 0 atom stereocenters. The monoisotopic (exact) mass is 280 g/mol. The summed E-state index contributed by atoms with van der Waals surface area (Å²) >= 11 is 0. The molecule has 0 unspecified atom stereocenters. The third kappa shape index (κ3) is 5.52. The van der Waals surface area contributed by atoms with Crippen molar-refractivity contribution < 1.29 is 4.79 Å². The third-order valence-corrected chi connectivity index (χ3v) is 2.71. The van der Waals surface area contributed by atoms with Gasteiger partial charge in [-0.2, -0.15) is 5.10 Å². The van der Waals surface area contributed by atoms with Crippen LogP contribution in [0.25, 0.3) is 0 Å². The first-order valence-corrected chi connectivity index (χ1v) is 6.91. The Morgan fingerprint density at radius 2 is 2.10 bits per heavy atom. The second-order valence-corrected chi connectivity index (χ2v) is 5.55. The van der Waals surface area contributed by atoms with Crippen molar-refractivity contribution in [3.63, 3.8) is 0 Å². The van der Waals surface area contributed by atoms with Crippen molar-refractivity contribution in [2.45, 2.75) is 26.8 Å².